The zero-order valence-corrected chi connectivity index (χ0v) is 14.5. The van der Waals surface area contributed by atoms with Crippen molar-refractivity contribution in [3.8, 4) is 0 Å². The Morgan fingerprint density at radius 1 is 1.08 bits per heavy atom. The molecule has 1 amide bonds. The Bertz CT molecular complexity index is 840. The normalized spacial score (nSPS) is 10.4. The molecule has 0 fully saturated rings. The summed E-state index contributed by atoms with van der Waals surface area (Å²) in [5.41, 5.74) is 5.00. The van der Waals surface area contributed by atoms with Gasteiger partial charge in [0, 0.05) is 23.2 Å². The summed E-state index contributed by atoms with van der Waals surface area (Å²) >= 11 is 1.43. The summed E-state index contributed by atoms with van der Waals surface area (Å²) in [6.07, 6.45) is 0. The molecule has 0 bridgehead atoms. The highest BCUT2D eigenvalue weighted by molar-refractivity contribution is 7.13. The van der Waals surface area contributed by atoms with Crippen LogP contribution in [-0.2, 0) is 6.54 Å². The monoisotopic (exact) mass is 337 g/mol. The van der Waals surface area contributed by atoms with Crippen molar-refractivity contribution in [1.29, 1.82) is 0 Å². The van der Waals surface area contributed by atoms with Crippen molar-refractivity contribution >= 4 is 28.1 Å². The van der Waals surface area contributed by atoms with E-state index in [-0.39, 0.29) is 5.91 Å². The summed E-state index contributed by atoms with van der Waals surface area (Å²) in [6, 6.07) is 15.8. The molecule has 0 atom stereocenters. The second-order valence-corrected chi connectivity index (χ2v) is 6.47. The van der Waals surface area contributed by atoms with E-state index in [1.54, 1.807) is 0 Å². The molecule has 5 heteroatoms. The molecule has 1 aromatic heterocycles. The minimum absolute atomic E-state index is 0.136. The Morgan fingerprint density at radius 3 is 2.50 bits per heavy atom. The molecule has 3 aromatic rings. The van der Waals surface area contributed by atoms with Crippen molar-refractivity contribution in [1.82, 2.24) is 4.98 Å². The summed E-state index contributed by atoms with van der Waals surface area (Å²) in [5, 5.41) is 8.77. The van der Waals surface area contributed by atoms with Crippen molar-refractivity contribution in [2.75, 3.05) is 10.6 Å². The van der Waals surface area contributed by atoms with Gasteiger partial charge in [-0.3, -0.25) is 10.1 Å². The largest absolute Gasteiger partial charge is 0.381 e. The molecule has 0 saturated heterocycles. The summed E-state index contributed by atoms with van der Waals surface area (Å²) in [7, 11) is 0. The lowest BCUT2D eigenvalue weighted by atomic mass is 10.1. The number of carbonyl (C=O) groups excluding carboxylic acids is 1. The molecule has 2 aromatic carbocycles. The second kappa shape index (κ2) is 7.27. The number of aromatic nitrogens is 1. The number of benzene rings is 2. The summed E-state index contributed by atoms with van der Waals surface area (Å²) in [6.45, 7) is 4.71. The number of hydrogen-bond donors (Lipinski definition) is 2. The van der Waals surface area contributed by atoms with Gasteiger partial charge in [-0.1, -0.05) is 30.3 Å². The highest BCUT2D eigenvalue weighted by atomic mass is 32.1. The Morgan fingerprint density at radius 2 is 1.83 bits per heavy atom. The molecule has 0 aliphatic heterocycles. The third-order valence-electron chi connectivity index (χ3n) is 3.68. The van der Waals surface area contributed by atoms with Gasteiger partial charge in [0.1, 0.15) is 0 Å². The molecule has 24 heavy (non-hydrogen) atoms. The number of hydrogen-bond acceptors (Lipinski definition) is 4. The lowest BCUT2D eigenvalue weighted by Gasteiger charge is -2.09. The minimum Gasteiger partial charge on any atom is -0.381 e. The van der Waals surface area contributed by atoms with Gasteiger partial charge in [-0.25, -0.2) is 4.98 Å². The highest BCUT2D eigenvalue weighted by Crippen LogP contribution is 2.17. The summed E-state index contributed by atoms with van der Waals surface area (Å²) in [5.74, 6) is -0.136. The van der Waals surface area contributed by atoms with Crippen molar-refractivity contribution in [2.45, 2.75) is 20.4 Å². The number of nitrogens with one attached hydrogen (secondary N) is 2. The molecular formula is C19H19N3OS. The van der Waals surface area contributed by atoms with Crippen LogP contribution in [0.3, 0.4) is 0 Å². The van der Waals surface area contributed by atoms with Gasteiger partial charge in [0.05, 0.1) is 5.69 Å². The number of aryl methyl sites for hydroxylation is 2. The van der Waals surface area contributed by atoms with Gasteiger partial charge < -0.3 is 5.32 Å². The van der Waals surface area contributed by atoms with Crippen LogP contribution in [-0.4, -0.2) is 10.9 Å². The van der Waals surface area contributed by atoms with Gasteiger partial charge in [0.15, 0.2) is 5.13 Å². The summed E-state index contributed by atoms with van der Waals surface area (Å²) < 4.78 is 0. The highest BCUT2D eigenvalue weighted by Gasteiger charge is 2.08. The summed E-state index contributed by atoms with van der Waals surface area (Å²) in [4.78, 5) is 16.4. The molecular weight excluding hydrogens is 318 g/mol. The van der Waals surface area contributed by atoms with E-state index >= 15 is 0 Å². The number of nitrogens with zero attached hydrogens (tertiary/aromatic N) is 1. The Labute approximate surface area is 145 Å². The minimum atomic E-state index is -0.136. The smallest absolute Gasteiger partial charge is 0.257 e. The number of amides is 1. The van der Waals surface area contributed by atoms with E-state index in [4.69, 9.17) is 0 Å². The van der Waals surface area contributed by atoms with Crippen LogP contribution < -0.4 is 10.6 Å². The first-order valence-corrected chi connectivity index (χ1v) is 8.62. The average molecular weight is 337 g/mol. The van der Waals surface area contributed by atoms with Crippen molar-refractivity contribution in [3.05, 3.63) is 76.3 Å². The van der Waals surface area contributed by atoms with Crippen LogP contribution in [0.1, 0.15) is 27.2 Å². The van der Waals surface area contributed by atoms with Crippen LogP contribution in [0.5, 0.6) is 0 Å². The molecule has 1 heterocycles. The van der Waals surface area contributed by atoms with Crippen molar-refractivity contribution in [2.24, 2.45) is 0 Å². The molecule has 2 N–H and O–H groups in total. The average Bonchev–Trinajstić information content (AvgIpc) is 2.99. The molecule has 3 rings (SSSR count). The van der Waals surface area contributed by atoms with Gasteiger partial charge in [0.25, 0.3) is 5.91 Å². The molecule has 0 aliphatic carbocycles. The number of rotatable bonds is 5. The quantitative estimate of drug-likeness (QED) is 0.714. The lowest BCUT2D eigenvalue weighted by molar-refractivity contribution is 0.102. The lowest BCUT2D eigenvalue weighted by Crippen LogP contribution is -2.11. The SMILES string of the molecule is Cc1csc(NC(=O)c2ccc(CNc3ccccc3C)cc2)n1. The first kappa shape index (κ1) is 16.2. The van der Waals surface area contributed by atoms with E-state index in [1.165, 1.54) is 16.9 Å². The van der Waals surface area contributed by atoms with Crippen LogP contribution in [0, 0.1) is 13.8 Å². The van der Waals surface area contributed by atoms with Crippen LogP contribution in [0.15, 0.2) is 53.9 Å². The van der Waals surface area contributed by atoms with Gasteiger partial charge in [-0.05, 0) is 43.2 Å². The van der Waals surface area contributed by atoms with Gasteiger partial charge in [-0.2, -0.15) is 0 Å². The van der Waals surface area contributed by atoms with Crippen molar-refractivity contribution in [3.63, 3.8) is 0 Å². The maximum absolute atomic E-state index is 12.2. The first-order valence-electron chi connectivity index (χ1n) is 7.74. The van der Waals surface area contributed by atoms with Crippen LogP contribution >= 0.6 is 11.3 Å². The zero-order chi connectivity index (χ0) is 16.9. The Balaban J connectivity index is 1.60. The van der Waals surface area contributed by atoms with E-state index in [1.807, 2.05) is 48.7 Å². The maximum atomic E-state index is 12.2. The topological polar surface area (TPSA) is 54.0 Å². The molecule has 0 radical (unpaired) electrons. The van der Waals surface area contributed by atoms with Crippen LogP contribution in [0.2, 0.25) is 0 Å². The van der Waals surface area contributed by atoms with E-state index < -0.39 is 0 Å². The third-order valence-corrected chi connectivity index (χ3v) is 4.56. The predicted octanol–water partition coefficient (Wildman–Crippen LogP) is 4.62. The zero-order valence-electron chi connectivity index (χ0n) is 13.7. The standard InChI is InChI=1S/C19H19N3OS/c1-13-5-3-4-6-17(13)20-11-15-7-9-16(10-8-15)18(23)22-19-21-14(2)12-24-19/h3-10,12,20H,11H2,1-2H3,(H,21,22,23). The fraction of sp³-hybridized carbons (Fsp3) is 0.158. The van der Waals surface area contributed by atoms with Gasteiger partial charge in [0.2, 0.25) is 0 Å². The fourth-order valence-electron chi connectivity index (χ4n) is 2.32. The van der Waals surface area contributed by atoms with E-state index in [2.05, 4.69) is 34.7 Å². The van der Waals surface area contributed by atoms with Crippen molar-refractivity contribution < 1.29 is 4.79 Å². The molecule has 0 aliphatic rings. The fourth-order valence-corrected chi connectivity index (χ4v) is 3.01. The van der Waals surface area contributed by atoms with E-state index in [9.17, 15) is 4.79 Å². The van der Waals surface area contributed by atoms with Crippen LogP contribution in [0.25, 0.3) is 0 Å². The molecule has 0 saturated carbocycles. The first-order chi connectivity index (χ1) is 11.6. The Kier molecular flexibility index (Phi) is 4.91. The number of anilines is 2. The molecule has 0 unspecified atom stereocenters. The molecule has 122 valence electrons. The van der Waals surface area contributed by atoms with Gasteiger partial charge >= 0.3 is 0 Å². The number of para-hydroxylation sites is 1. The van der Waals surface area contributed by atoms with E-state index in [0.717, 1.165) is 23.5 Å². The molecule has 0 spiro atoms. The third kappa shape index (κ3) is 4.00. The maximum Gasteiger partial charge on any atom is 0.257 e. The Hall–Kier alpha value is -2.66. The van der Waals surface area contributed by atoms with E-state index in [0.29, 0.717) is 10.7 Å². The second-order valence-electron chi connectivity index (χ2n) is 5.61. The van der Waals surface area contributed by atoms with Gasteiger partial charge in [-0.15, -0.1) is 11.3 Å². The number of carbonyl (C=O) groups is 1. The van der Waals surface area contributed by atoms with Crippen LogP contribution in [0.4, 0.5) is 10.8 Å². The molecule has 4 nitrogen and oxygen atoms in total. The predicted molar refractivity (Wildman–Crippen MR) is 99.8 cm³/mol. The number of thiazole rings is 1.